The third-order valence-electron chi connectivity index (χ3n) is 2.73. The van der Waals surface area contributed by atoms with E-state index in [1.807, 2.05) is 20.8 Å². The summed E-state index contributed by atoms with van der Waals surface area (Å²) in [7, 11) is 0. The van der Waals surface area contributed by atoms with E-state index in [1.165, 1.54) is 0 Å². The number of amides is 3. The quantitative estimate of drug-likeness (QED) is 0.663. The fraction of sp³-hybridized carbons (Fsp3) is 0.769. The highest BCUT2D eigenvalue weighted by molar-refractivity contribution is 5.95. The molecule has 1 aliphatic heterocycles. The number of nitrogens with zero attached hydrogens (tertiary/aromatic N) is 1. The fourth-order valence-corrected chi connectivity index (χ4v) is 1.98. The molecule has 0 radical (unpaired) electrons. The Morgan fingerprint density at radius 2 is 2.00 bits per heavy atom. The molecule has 0 bridgehead atoms. The van der Waals surface area contributed by atoms with Crippen LogP contribution in [-0.4, -0.2) is 65.8 Å². The average Bonchev–Trinajstić information content (AvgIpc) is 2.24. The number of aliphatic carboxylic acids is 1. The van der Waals surface area contributed by atoms with Crippen LogP contribution in [0.5, 0.6) is 0 Å². The third kappa shape index (κ3) is 7.62. The molecule has 0 aromatic heterocycles. The van der Waals surface area contributed by atoms with Crippen LogP contribution in [0.1, 0.15) is 27.2 Å². The first-order chi connectivity index (χ1) is 9.65. The van der Waals surface area contributed by atoms with Gasteiger partial charge in [0.1, 0.15) is 0 Å². The minimum absolute atomic E-state index is 0.0387. The lowest BCUT2D eigenvalue weighted by atomic mass is 10.1. The Morgan fingerprint density at radius 3 is 2.57 bits per heavy atom. The highest BCUT2D eigenvalue weighted by Gasteiger charge is 2.24. The van der Waals surface area contributed by atoms with E-state index in [0.717, 1.165) is 0 Å². The van der Waals surface area contributed by atoms with Gasteiger partial charge in [0.05, 0.1) is 25.7 Å². The van der Waals surface area contributed by atoms with Gasteiger partial charge in [-0.05, 0) is 20.8 Å². The van der Waals surface area contributed by atoms with Crippen LogP contribution in [0.2, 0.25) is 0 Å². The summed E-state index contributed by atoms with van der Waals surface area (Å²) in [6.45, 7) is 6.75. The number of hydrogen-bond donors (Lipinski definition) is 3. The van der Waals surface area contributed by atoms with Crippen molar-refractivity contribution in [2.75, 3.05) is 26.2 Å². The lowest BCUT2D eigenvalue weighted by molar-refractivity contribution is -0.142. The van der Waals surface area contributed by atoms with Crippen LogP contribution in [0.25, 0.3) is 0 Å². The molecule has 1 saturated heterocycles. The maximum absolute atomic E-state index is 11.8. The summed E-state index contributed by atoms with van der Waals surface area (Å²) >= 11 is 0. The second kappa shape index (κ2) is 7.37. The van der Waals surface area contributed by atoms with Crippen molar-refractivity contribution in [1.29, 1.82) is 0 Å². The molecule has 1 unspecified atom stereocenters. The molecule has 0 aromatic carbocycles. The first kappa shape index (κ1) is 17.4. The standard InChI is InChI=1S/C13H23N3O5/c1-13(2,3)15-12(20)14-10(17)8-16-4-5-21-9(7-16)6-11(18)19/h9H,4-8H2,1-3H3,(H,18,19)(H2,14,15,17,20). The maximum atomic E-state index is 11.8. The zero-order valence-electron chi connectivity index (χ0n) is 12.6. The number of ether oxygens (including phenoxy) is 1. The Morgan fingerprint density at radius 1 is 1.33 bits per heavy atom. The maximum Gasteiger partial charge on any atom is 0.321 e. The minimum atomic E-state index is -0.934. The summed E-state index contributed by atoms with van der Waals surface area (Å²) in [6, 6.07) is -0.539. The Bertz CT molecular complexity index is 405. The highest BCUT2D eigenvalue weighted by atomic mass is 16.5. The van der Waals surface area contributed by atoms with E-state index in [1.54, 1.807) is 4.90 Å². The van der Waals surface area contributed by atoms with Crippen molar-refractivity contribution in [3.8, 4) is 0 Å². The molecular weight excluding hydrogens is 278 g/mol. The lowest BCUT2D eigenvalue weighted by Gasteiger charge is -2.31. The van der Waals surface area contributed by atoms with Crippen LogP contribution in [0, 0.1) is 0 Å². The molecule has 1 aliphatic rings. The Labute approximate surface area is 123 Å². The molecule has 1 fully saturated rings. The van der Waals surface area contributed by atoms with E-state index in [9.17, 15) is 14.4 Å². The van der Waals surface area contributed by atoms with Crippen LogP contribution in [0.3, 0.4) is 0 Å². The van der Waals surface area contributed by atoms with Gasteiger partial charge in [0.2, 0.25) is 5.91 Å². The second-order valence-electron chi connectivity index (χ2n) is 6.08. The van der Waals surface area contributed by atoms with E-state index in [2.05, 4.69) is 10.6 Å². The smallest absolute Gasteiger partial charge is 0.321 e. The number of urea groups is 1. The van der Waals surface area contributed by atoms with Gasteiger partial charge in [-0.2, -0.15) is 0 Å². The fourth-order valence-electron chi connectivity index (χ4n) is 1.98. The largest absolute Gasteiger partial charge is 0.481 e. The van der Waals surface area contributed by atoms with E-state index in [-0.39, 0.29) is 13.0 Å². The van der Waals surface area contributed by atoms with Gasteiger partial charge < -0.3 is 15.2 Å². The van der Waals surface area contributed by atoms with Gasteiger partial charge in [0.25, 0.3) is 0 Å². The number of rotatable bonds is 4. The molecule has 120 valence electrons. The molecule has 21 heavy (non-hydrogen) atoms. The van der Waals surface area contributed by atoms with Crippen LogP contribution in [0.4, 0.5) is 4.79 Å². The van der Waals surface area contributed by atoms with Gasteiger partial charge in [-0.15, -0.1) is 0 Å². The molecule has 3 amide bonds. The van der Waals surface area contributed by atoms with Crippen molar-refractivity contribution in [1.82, 2.24) is 15.5 Å². The van der Waals surface area contributed by atoms with Crippen LogP contribution >= 0.6 is 0 Å². The molecule has 1 atom stereocenters. The van der Waals surface area contributed by atoms with E-state index in [4.69, 9.17) is 9.84 Å². The van der Waals surface area contributed by atoms with Crippen molar-refractivity contribution in [2.45, 2.75) is 38.8 Å². The Balaban J connectivity index is 2.37. The molecule has 0 aromatic rings. The van der Waals surface area contributed by atoms with Crippen molar-refractivity contribution < 1.29 is 24.2 Å². The van der Waals surface area contributed by atoms with E-state index in [0.29, 0.717) is 19.7 Å². The zero-order chi connectivity index (χ0) is 16.0. The molecule has 0 spiro atoms. The highest BCUT2D eigenvalue weighted by Crippen LogP contribution is 2.08. The summed E-state index contributed by atoms with van der Waals surface area (Å²) in [6.07, 6.45) is -0.518. The number of morpholine rings is 1. The topological polar surface area (TPSA) is 108 Å². The number of hydrogen-bond acceptors (Lipinski definition) is 5. The number of carbonyl (C=O) groups is 3. The van der Waals surface area contributed by atoms with Crippen LogP contribution in [0.15, 0.2) is 0 Å². The van der Waals surface area contributed by atoms with Crippen molar-refractivity contribution >= 4 is 17.9 Å². The monoisotopic (exact) mass is 301 g/mol. The zero-order valence-corrected chi connectivity index (χ0v) is 12.6. The Kier molecular flexibility index (Phi) is 6.10. The minimum Gasteiger partial charge on any atom is -0.481 e. The summed E-state index contributed by atoms with van der Waals surface area (Å²) in [5.74, 6) is -1.36. The van der Waals surface area contributed by atoms with Crippen molar-refractivity contribution in [3.05, 3.63) is 0 Å². The van der Waals surface area contributed by atoms with Gasteiger partial charge in [-0.3, -0.25) is 19.8 Å². The number of carboxylic acid groups (broad SMARTS) is 1. The number of carboxylic acids is 1. The second-order valence-corrected chi connectivity index (χ2v) is 6.08. The molecule has 8 nitrogen and oxygen atoms in total. The van der Waals surface area contributed by atoms with Crippen LogP contribution in [-0.2, 0) is 14.3 Å². The SMILES string of the molecule is CC(C)(C)NC(=O)NC(=O)CN1CCOC(CC(=O)O)C1. The van der Waals surface area contributed by atoms with E-state index < -0.39 is 29.6 Å². The summed E-state index contributed by atoms with van der Waals surface area (Å²) < 4.78 is 5.31. The van der Waals surface area contributed by atoms with Gasteiger partial charge in [0, 0.05) is 18.6 Å². The van der Waals surface area contributed by atoms with Gasteiger partial charge in [0.15, 0.2) is 0 Å². The van der Waals surface area contributed by atoms with Gasteiger partial charge >= 0.3 is 12.0 Å². The first-order valence-electron chi connectivity index (χ1n) is 6.83. The number of nitrogens with one attached hydrogen (secondary N) is 2. The number of carbonyl (C=O) groups excluding carboxylic acids is 2. The lowest BCUT2D eigenvalue weighted by Crippen LogP contribution is -2.52. The summed E-state index contributed by atoms with van der Waals surface area (Å²) in [5.41, 5.74) is -0.421. The van der Waals surface area contributed by atoms with E-state index >= 15 is 0 Å². The van der Waals surface area contributed by atoms with Crippen molar-refractivity contribution in [2.24, 2.45) is 0 Å². The Hall–Kier alpha value is -1.67. The van der Waals surface area contributed by atoms with Crippen molar-refractivity contribution in [3.63, 3.8) is 0 Å². The molecular formula is C13H23N3O5. The van der Waals surface area contributed by atoms with Gasteiger partial charge in [-0.25, -0.2) is 4.79 Å². The average molecular weight is 301 g/mol. The normalized spacial score (nSPS) is 19.9. The predicted octanol–water partition coefficient (Wildman–Crippen LogP) is -0.214. The molecule has 1 rings (SSSR count). The van der Waals surface area contributed by atoms with Crippen LogP contribution < -0.4 is 10.6 Å². The number of imide groups is 1. The summed E-state index contributed by atoms with van der Waals surface area (Å²) in [5, 5.41) is 13.6. The molecule has 8 heteroatoms. The molecule has 1 heterocycles. The molecule has 0 aliphatic carbocycles. The van der Waals surface area contributed by atoms with Gasteiger partial charge in [-0.1, -0.05) is 0 Å². The molecule has 0 saturated carbocycles. The first-order valence-corrected chi connectivity index (χ1v) is 6.83. The predicted molar refractivity (Wildman–Crippen MR) is 74.9 cm³/mol. The molecule has 3 N–H and O–H groups in total. The summed E-state index contributed by atoms with van der Waals surface area (Å²) in [4.78, 5) is 35.7. The third-order valence-corrected chi connectivity index (χ3v) is 2.73.